The highest BCUT2D eigenvalue weighted by Gasteiger charge is 2.28. The Hall–Kier alpha value is -2.34. The predicted octanol–water partition coefficient (Wildman–Crippen LogP) is 3.56. The number of ether oxygens (including phenoxy) is 2. The van der Waals surface area contributed by atoms with Gasteiger partial charge in [0, 0.05) is 18.0 Å². The third kappa shape index (κ3) is 3.94. The highest BCUT2D eigenvalue weighted by atomic mass is 35.5. The molecule has 0 bridgehead atoms. The first-order valence-electron chi connectivity index (χ1n) is 7.28. The van der Waals surface area contributed by atoms with Crippen LogP contribution in [0.2, 0.25) is 5.02 Å². The van der Waals surface area contributed by atoms with Gasteiger partial charge in [-0.25, -0.2) is 0 Å². The molecule has 1 N–H and O–H groups in total. The molecule has 0 fully saturated rings. The molecule has 1 aliphatic heterocycles. The summed E-state index contributed by atoms with van der Waals surface area (Å²) >= 11 is 5.92. The van der Waals surface area contributed by atoms with Crippen LogP contribution in [0.25, 0.3) is 0 Å². The Kier molecular flexibility index (Phi) is 4.85. The van der Waals surface area contributed by atoms with Gasteiger partial charge in [-0.1, -0.05) is 23.7 Å². The summed E-state index contributed by atoms with van der Waals surface area (Å²) in [5.41, 5.74) is 1.67. The highest BCUT2D eigenvalue weighted by Crippen LogP contribution is 2.31. The lowest BCUT2D eigenvalue weighted by Crippen LogP contribution is -2.36. The van der Waals surface area contributed by atoms with E-state index >= 15 is 0 Å². The summed E-state index contributed by atoms with van der Waals surface area (Å²) in [6, 6.07) is 11.3. The fourth-order valence-corrected chi connectivity index (χ4v) is 2.65. The van der Waals surface area contributed by atoms with E-state index in [9.17, 15) is 13.6 Å². The molecular weight excluding hydrogens is 340 g/mol. The van der Waals surface area contributed by atoms with Crippen LogP contribution in [0.15, 0.2) is 42.5 Å². The lowest BCUT2D eigenvalue weighted by atomic mass is 10.1. The third-order valence-corrected chi connectivity index (χ3v) is 3.84. The number of alkyl halides is 2. The van der Waals surface area contributed by atoms with Crippen LogP contribution in [0.3, 0.4) is 0 Å². The number of rotatable bonds is 5. The smallest absolute Gasteiger partial charge is 0.387 e. The Morgan fingerprint density at radius 1 is 1.29 bits per heavy atom. The Labute approximate surface area is 142 Å². The number of halogens is 3. The molecule has 126 valence electrons. The molecule has 2 aromatic rings. The van der Waals surface area contributed by atoms with E-state index in [1.165, 1.54) is 12.1 Å². The number of fused-ring (bicyclic) bond motifs is 1. The number of amides is 1. The first-order chi connectivity index (χ1) is 11.5. The molecule has 1 heterocycles. The number of nitrogens with one attached hydrogen (secondary N) is 1. The average Bonchev–Trinajstić information content (AvgIpc) is 2.96. The van der Waals surface area contributed by atoms with Crippen LogP contribution in [-0.2, 0) is 17.8 Å². The van der Waals surface area contributed by atoms with Crippen molar-refractivity contribution in [2.75, 3.05) is 0 Å². The molecule has 0 aromatic heterocycles. The molecular formula is C17H14ClF2NO3. The number of hydrogen-bond donors (Lipinski definition) is 1. The molecule has 1 amide bonds. The van der Waals surface area contributed by atoms with E-state index in [1.807, 2.05) is 0 Å². The Balaban J connectivity index is 1.53. The Bertz CT molecular complexity index is 737. The van der Waals surface area contributed by atoms with Gasteiger partial charge in [0.1, 0.15) is 11.5 Å². The largest absolute Gasteiger partial charge is 0.480 e. The quantitative estimate of drug-likeness (QED) is 0.894. The van der Waals surface area contributed by atoms with Crippen molar-refractivity contribution in [1.29, 1.82) is 0 Å². The summed E-state index contributed by atoms with van der Waals surface area (Å²) in [4.78, 5) is 12.2. The van der Waals surface area contributed by atoms with Crippen molar-refractivity contribution in [2.45, 2.75) is 25.7 Å². The second kappa shape index (κ2) is 7.05. The minimum atomic E-state index is -2.86. The normalized spacial score (nSPS) is 15.8. The van der Waals surface area contributed by atoms with Crippen molar-refractivity contribution >= 4 is 17.5 Å². The van der Waals surface area contributed by atoms with E-state index in [0.29, 0.717) is 17.2 Å². The fourth-order valence-electron chi connectivity index (χ4n) is 2.46. The van der Waals surface area contributed by atoms with Crippen LogP contribution in [0, 0.1) is 0 Å². The summed E-state index contributed by atoms with van der Waals surface area (Å²) in [7, 11) is 0. The molecule has 1 unspecified atom stereocenters. The first kappa shape index (κ1) is 16.5. The van der Waals surface area contributed by atoms with Gasteiger partial charge in [-0.2, -0.15) is 8.78 Å². The zero-order valence-electron chi connectivity index (χ0n) is 12.5. The topological polar surface area (TPSA) is 47.6 Å². The molecule has 0 aliphatic carbocycles. The molecule has 0 saturated heterocycles. The summed E-state index contributed by atoms with van der Waals surface area (Å²) in [5.74, 6) is 0.495. The van der Waals surface area contributed by atoms with Crippen molar-refractivity contribution in [1.82, 2.24) is 5.32 Å². The van der Waals surface area contributed by atoms with Gasteiger partial charge in [0.05, 0.1) is 0 Å². The van der Waals surface area contributed by atoms with E-state index in [1.54, 1.807) is 30.3 Å². The lowest BCUT2D eigenvalue weighted by Gasteiger charge is -2.12. The van der Waals surface area contributed by atoms with Crippen molar-refractivity contribution in [2.24, 2.45) is 0 Å². The molecule has 2 aromatic carbocycles. The summed E-state index contributed by atoms with van der Waals surface area (Å²) in [6.07, 6.45) is -0.136. The van der Waals surface area contributed by atoms with Gasteiger partial charge < -0.3 is 14.8 Å². The van der Waals surface area contributed by atoms with Crippen LogP contribution in [0.5, 0.6) is 11.5 Å². The number of hydrogen-bond acceptors (Lipinski definition) is 3. The fraction of sp³-hybridized carbons (Fsp3) is 0.235. The Morgan fingerprint density at radius 2 is 2.04 bits per heavy atom. The van der Waals surface area contributed by atoms with E-state index < -0.39 is 12.7 Å². The number of carbonyl (C=O) groups is 1. The minimum Gasteiger partial charge on any atom is -0.480 e. The van der Waals surface area contributed by atoms with Crippen molar-refractivity contribution in [3.8, 4) is 11.5 Å². The molecule has 24 heavy (non-hydrogen) atoms. The van der Waals surface area contributed by atoms with E-state index in [2.05, 4.69) is 10.1 Å². The summed E-state index contributed by atoms with van der Waals surface area (Å²) in [6.45, 7) is -2.59. The number of carbonyl (C=O) groups excluding carboxylic acids is 1. The van der Waals surface area contributed by atoms with E-state index in [0.717, 1.165) is 11.1 Å². The number of benzene rings is 2. The van der Waals surface area contributed by atoms with Crippen LogP contribution >= 0.6 is 11.6 Å². The van der Waals surface area contributed by atoms with Gasteiger partial charge in [0.25, 0.3) is 5.91 Å². The zero-order valence-corrected chi connectivity index (χ0v) is 13.2. The third-order valence-electron chi connectivity index (χ3n) is 3.60. The van der Waals surface area contributed by atoms with E-state index in [-0.39, 0.29) is 18.2 Å². The summed E-state index contributed by atoms with van der Waals surface area (Å²) < 4.78 is 34.0. The van der Waals surface area contributed by atoms with Crippen LogP contribution in [-0.4, -0.2) is 18.6 Å². The molecule has 0 spiro atoms. The van der Waals surface area contributed by atoms with Gasteiger partial charge >= 0.3 is 6.61 Å². The van der Waals surface area contributed by atoms with Crippen molar-refractivity contribution in [3.63, 3.8) is 0 Å². The maximum atomic E-state index is 12.2. The predicted molar refractivity (Wildman–Crippen MR) is 84.5 cm³/mol. The van der Waals surface area contributed by atoms with Gasteiger partial charge in [0.15, 0.2) is 6.10 Å². The second-order valence-electron chi connectivity index (χ2n) is 5.30. The van der Waals surface area contributed by atoms with Crippen molar-refractivity contribution in [3.05, 3.63) is 58.6 Å². The second-order valence-corrected chi connectivity index (χ2v) is 5.74. The zero-order chi connectivity index (χ0) is 17.1. The molecule has 1 atom stereocenters. The Morgan fingerprint density at radius 3 is 2.75 bits per heavy atom. The van der Waals surface area contributed by atoms with Gasteiger partial charge in [-0.3, -0.25) is 4.79 Å². The van der Waals surface area contributed by atoms with E-state index in [4.69, 9.17) is 16.3 Å². The molecule has 3 rings (SSSR count). The summed E-state index contributed by atoms with van der Waals surface area (Å²) in [5, 5.41) is 3.37. The standard InChI is InChI=1S/C17H14ClF2NO3/c18-12-3-6-14-11(7-12)8-15(24-14)16(22)21-9-10-1-4-13(5-2-10)23-17(19)20/h1-7,15,17H,8-9H2,(H,21,22). The van der Waals surface area contributed by atoms with Crippen LogP contribution in [0.4, 0.5) is 8.78 Å². The first-order valence-corrected chi connectivity index (χ1v) is 7.65. The minimum absolute atomic E-state index is 0.0755. The maximum Gasteiger partial charge on any atom is 0.387 e. The average molecular weight is 354 g/mol. The monoisotopic (exact) mass is 353 g/mol. The SMILES string of the molecule is O=C(NCc1ccc(OC(F)F)cc1)C1Cc2cc(Cl)ccc2O1. The lowest BCUT2D eigenvalue weighted by molar-refractivity contribution is -0.127. The van der Waals surface area contributed by atoms with Gasteiger partial charge in [-0.05, 0) is 41.5 Å². The van der Waals surface area contributed by atoms with Crippen LogP contribution in [0.1, 0.15) is 11.1 Å². The molecule has 0 radical (unpaired) electrons. The molecule has 1 aliphatic rings. The molecule has 4 nitrogen and oxygen atoms in total. The van der Waals surface area contributed by atoms with Gasteiger partial charge in [-0.15, -0.1) is 0 Å². The van der Waals surface area contributed by atoms with Crippen LogP contribution < -0.4 is 14.8 Å². The maximum absolute atomic E-state index is 12.2. The van der Waals surface area contributed by atoms with Crippen molar-refractivity contribution < 1.29 is 23.0 Å². The van der Waals surface area contributed by atoms with Gasteiger partial charge in [0.2, 0.25) is 0 Å². The molecule has 7 heteroatoms. The highest BCUT2D eigenvalue weighted by molar-refractivity contribution is 6.30. The molecule has 0 saturated carbocycles.